The summed E-state index contributed by atoms with van der Waals surface area (Å²) in [5.41, 5.74) is 8.39. The topological polar surface area (TPSA) is 47.1 Å². The van der Waals surface area contributed by atoms with Gasteiger partial charge < -0.3 is 5.73 Å². The van der Waals surface area contributed by atoms with Crippen molar-refractivity contribution in [3.05, 3.63) is 47.2 Å². The highest BCUT2D eigenvalue weighted by Crippen LogP contribution is 2.29. The molecule has 22 heavy (non-hydrogen) atoms. The second-order valence-electron chi connectivity index (χ2n) is 6.25. The molecule has 0 radical (unpaired) electrons. The van der Waals surface area contributed by atoms with Crippen LogP contribution in [-0.2, 0) is 6.54 Å². The fraction of sp³-hybridized carbons (Fsp3) is 0.438. The molecule has 3 rings (SSSR count). The Kier molecular flexibility index (Phi) is 5.50. The van der Waals surface area contributed by atoms with Crippen LogP contribution >= 0.6 is 24.0 Å². The van der Waals surface area contributed by atoms with E-state index in [9.17, 15) is 0 Å². The van der Waals surface area contributed by atoms with Gasteiger partial charge in [-0.25, -0.2) is 4.68 Å². The van der Waals surface area contributed by atoms with Crippen LogP contribution in [0.5, 0.6) is 0 Å². The van der Waals surface area contributed by atoms with E-state index in [2.05, 4.69) is 23.1 Å². The Labute approximate surface area is 142 Å². The molecular formula is C16H22Cl2N4. The maximum absolute atomic E-state index is 5.91. The lowest BCUT2D eigenvalue weighted by Gasteiger charge is -2.22. The van der Waals surface area contributed by atoms with Crippen LogP contribution in [0, 0.1) is 5.41 Å². The van der Waals surface area contributed by atoms with Crippen LogP contribution in [0.15, 0.2) is 36.7 Å². The molecule has 2 N–H and O–H groups in total. The van der Waals surface area contributed by atoms with Crippen LogP contribution < -0.4 is 5.73 Å². The minimum atomic E-state index is 0. The number of likely N-dealkylation sites (tertiary alicyclic amines) is 1. The SMILES string of the molecule is CC1(CN)CCN(Cc2cnn(-c3ccc(Cl)cc3)c2)C1.Cl. The second-order valence-corrected chi connectivity index (χ2v) is 6.68. The lowest BCUT2D eigenvalue weighted by Crippen LogP contribution is -2.31. The van der Waals surface area contributed by atoms with Crippen LogP contribution in [-0.4, -0.2) is 34.3 Å². The molecule has 0 bridgehead atoms. The van der Waals surface area contributed by atoms with Crippen LogP contribution in [0.25, 0.3) is 5.69 Å². The number of rotatable bonds is 4. The minimum absolute atomic E-state index is 0. The Morgan fingerprint density at radius 1 is 1.32 bits per heavy atom. The van der Waals surface area contributed by atoms with Gasteiger partial charge in [-0.1, -0.05) is 18.5 Å². The smallest absolute Gasteiger partial charge is 0.0646 e. The Hall–Kier alpha value is -1.07. The third-order valence-electron chi connectivity index (χ3n) is 4.26. The van der Waals surface area contributed by atoms with Gasteiger partial charge in [0, 0.05) is 29.9 Å². The van der Waals surface area contributed by atoms with E-state index >= 15 is 0 Å². The van der Waals surface area contributed by atoms with E-state index in [-0.39, 0.29) is 17.8 Å². The van der Waals surface area contributed by atoms with Gasteiger partial charge in [0.15, 0.2) is 0 Å². The Morgan fingerprint density at radius 3 is 2.68 bits per heavy atom. The second kappa shape index (κ2) is 7.01. The van der Waals surface area contributed by atoms with Gasteiger partial charge in [-0.3, -0.25) is 4.90 Å². The Bertz CT molecular complexity index is 611. The molecule has 1 atom stereocenters. The summed E-state index contributed by atoms with van der Waals surface area (Å²) < 4.78 is 1.89. The number of halogens is 2. The highest BCUT2D eigenvalue weighted by atomic mass is 35.5. The van der Waals surface area contributed by atoms with Crippen molar-refractivity contribution in [3.8, 4) is 5.69 Å². The van der Waals surface area contributed by atoms with Crippen molar-refractivity contribution in [3.63, 3.8) is 0 Å². The summed E-state index contributed by atoms with van der Waals surface area (Å²) in [6.45, 7) is 6.14. The third kappa shape index (κ3) is 3.82. The Morgan fingerprint density at radius 2 is 2.05 bits per heavy atom. The molecule has 1 aromatic carbocycles. The minimum Gasteiger partial charge on any atom is -0.330 e. The van der Waals surface area contributed by atoms with Crippen LogP contribution in [0.3, 0.4) is 0 Å². The van der Waals surface area contributed by atoms with E-state index in [1.54, 1.807) is 0 Å². The highest BCUT2D eigenvalue weighted by molar-refractivity contribution is 6.30. The van der Waals surface area contributed by atoms with Gasteiger partial charge in [0.1, 0.15) is 0 Å². The molecule has 0 saturated carbocycles. The van der Waals surface area contributed by atoms with Gasteiger partial charge in [0.25, 0.3) is 0 Å². The molecule has 6 heteroatoms. The molecule has 1 saturated heterocycles. The van der Waals surface area contributed by atoms with Crippen molar-refractivity contribution in [2.24, 2.45) is 11.1 Å². The van der Waals surface area contributed by atoms with Gasteiger partial charge in [-0.15, -0.1) is 12.4 Å². The summed E-state index contributed by atoms with van der Waals surface area (Å²) in [5.74, 6) is 0. The van der Waals surface area contributed by atoms with Gasteiger partial charge in [0.2, 0.25) is 0 Å². The van der Waals surface area contributed by atoms with E-state index in [4.69, 9.17) is 17.3 Å². The predicted octanol–water partition coefficient (Wildman–Crippen LogP) is 3.12. The average molecular weight is 341 g/mol. The predicted molar refractivity (Wildman–Crippen MR) is 92.9 cm³/mol. The summed E-state index contributed by atoms with van der Waals surface area (Å²) in [6, 6.07) is 7.71. The number of benzene rings is 1. The quantitative estimate of drug-likeness (QED) is 0.930. The molecule has 1 fully saturated rings. The van der Waals surface area contributed by atoms with Crippen LogP contribution in [0.1, 0.15) is 18.9 Å². The van der Waals surface area contributed by atoms with Crippen molar-refractivity contribution in [1.29, 1.82) is 0 Å². The van der Waals surface area contributed by atoms with E-state index in [0.29, 0.717) is 0 Å². The summed E-state index contributed by atoms with van der Waals surface area (Å²) >= 11 is 5.91. The maximum Gasteiger partial charge on any atom is 0.0646 e. The highest BCUT2D eigenvalue weighted by Gasteiger charge is 2.32. The summed E-state index contributed by atoms with van der Waals surface area (Å²) in [4.78, 5) is 2.45. The molecule has 1 aliphatic heterocycles. The van der Waals surface area contributed by atoms with Crippen molar-refractivity contribution < 1.29 is 0 Å². The lowest BCUT2D eigenvalue weighted by atomic mass is 9.90. The molecule has 2 aromatic rings. The third-order valence-corrected chi connectivity index (χ3v) is 4.52. The number of hydrogen-bond donors (Lipinski definition) is 1. The fourth-order valence-electron chi connectivity index (χ4n) is 2.86. The van der Waals surface area contributed by atoms with Gasteiger partial charge in [-0.2, -0.15) is 5.10 Å². The first-order valence-corrected chi connectivity index (χ1v) is 7.68. The first kappa shape index (κ1) is 17.3. The zero-order valence-electron chi connectivity index (χ0n) is 12.7. The monoisotopic (exact) mass is 340 g/mol. The van der Waals surface area contributed by atoms with Crippen molar-refractivity contribution in [1.82, 2.24) is 14.7 Å². The largest absolute Gasteiger partial charge is 0.330 e. The molecule has 120 valence electrons. The summed E-state index contributed by atoms with van der Waals surface area (Å²) in [7, 11) is 0. The van der Waals surface area contributed by atoms with E-state index < -0.39 is 0 Å². The van der Waals surface area contributed by atoms with E-state index in [1.807, 2.05) is 35.1 Å². The molecular weight excluding hydrogens is 319 g/mol. The molecule has 1 unspecified atom stereocenters. The zero-order chi connectivity index (χ0) is 14.9. The molecule has 0 spiro atoms. The van der Waals surface area contributed by atoms with Crippen molar-refractivity contribution in [2.45, 2.75) is 19.9 Å². The average Bonchev–Trinajstić information content (AvgIpc) is 3.08. The number of aromatic nitrogens is 2. The van der Waals surface area contributed by atoms with Crippen molar-refractivity contribution >= 4 is 24.0 Å². The molecule has 1 aliphatic rings. The van der Waals surface area contributed by atoms with Gasteiger partial charge in [-0.05, 0) is 49.2 Å². The normalized spacial score (nSPS) is 21.8. The number of hydrogen-bond acceptors (Lipinski definition) is 3. The molecule has 4 nitrogen and oxygen atoms in total. The molecule has 1 aromatic heterocycles. The summed E-state index contributed by atoms with van der Waals surface area (Å²) in [6.07, 6.45) is 5.20. The molecule has 2 heterocycles. The van der Waals surface area contributed by atoms with E-state index in [1.165, 1.54) is 12.0 Å². The number of nitrogens with zero attached hydrogens (tertiary/aromatic N) is 3. The standard InChI is InChI=1S/C16H21ClN4.ClH/c1-16(11-18)6-7-20(12-16)9-13-8-19-21(10-13)15-4-2-14(17)3-5-15;/h2-5,8,10H,6-7,9,11-12,18H2,1H3;1H. The Balaban J connectivity index is 0.00000176. The first-order chi connectivity index (χ1) is 10.1. The van der Waals surface area contributed by atoms with Gasteiger partial charge >= 0.3 is 0 Å². The van der Waals surface area contributed by atoms with Crippen LogP contribution in [0.2, 0.25) is 5.02 Å². The fourth-order valence-corrected chi connectivity index (χ4v) is 2.99. The maximum atomic E-state index is 5.91. The molecule has 0 amide bonds. The van der Waals surface area contributed by atoms with Gasteiger partial charge in [0.05, 0.1) is 11.9 Å². The zero-order valence-corrected chi connectivity index (χ0v) is 14.3. The van der Waals surface area contributed by atoms with E-state index in [0.717, 1.165) is 36.9 Å². The van der Waals surface area contributed by atoms with Crippen LogP contribution in [0.4, 0.5) is 0 Å². The lowest BCUT2D eigenvalue weighted by molar-refractivity contribution is 0.274. The molecule has 0 aliphatic carbocycles. The number of nitrogens with two attached hydrogens (primary N) is 1. The first-order valence-electron chi connectivity index (χ1n) is 7.30. The summed E-state index contributed by atoms with van der Waals surface area (Å²) in [5, 5.41) is 5.18. The van der Waals surface area contributed by atoms with Crippen molar-refractivity contribution in [2.75, 3.05) is 19.6 Å².